The third kappa shape index (κ3) is 5.27. The number of morpholine rings is 1. The van der Waals surface area contributed by atoms with E-state index >= 15 is 0 Å². The monoisotopic (exact) mass is 432 g/mol. The number of nitrogens with zero attached hydrogens (tertiary/aromatic N) is 2. The maximum atomic E-state index is 13.6. The third-order valence-corrected chi connectivity index (χ3v) is 5.10. The molecule has 1 heterocycles. The second kappa shape index (κ2) is 9.71. The summed E-state index contributed by atoms with van der Waals surface area (Å²) in [7, 11) is 0. The first-order valence-electron chi connectivity index (χ1n) is 9.66. The number of ether oxygens (including phenoxy) is 1. The average molecular weight is 432 g/mol. The van der Waals surface area contributed by atoms with Gasteiger partial charge in [-0.05, 0) is 31.0 Å². The van der Waals surface area contributed by atoms with Crippen LogP contribution in [0, 0.1) is 0 Å². The standard InChI is InChI=1S/C19H24F4N4O3/c20-16(21)9-27(12-2-3-12)15(8-24)19(29)25-11-1-4-14(13(7-11)18(22)23)26-5-6-30-10-17(26)28/h1,4,7,12,15-16,18H,2-3,5-6,8-10,24H2,(H,25,29)/t15-/m1/s1. The highest BCUT2D eigenvalue weighted by atomic mass is 19.3. The number of anilines is 2. The highest BCUT2D eigenvalue weighted by molar-refractivity contribution is 5.98. The normalized spacial score (nSPS) is 18.4. The van der Waals surface area contributed by atoms with Crippen molar-refractivity contribution in [3.63, 3.8) is 0 Å². The SMILES string of the molecule is NC[C@H](C(=O)Nc1ccc(N2CCOCC2=O)c(C(F)F)c1)N(CC(F)F)C1CC1. The van der Waals surface area contributed by atoms with Crippen LogP contribution in [0.25, 0.3) is 0 Å². The Bertz CT molecular complexity index is 776. The van der Waals surface area contributed by atoms with Crippen LogP contribution in [0.2, 0.25) is 0 Å². The fourth-order valence-corrected chi connectivity index (χ4v) is 3.54. The Kier molecular flexibility index (Phi) is 7.27. The van der Waals surface area contributed by atoms with Gasteiger partial charge in [0.2, 0.25) is 5.91 Å². The summed E-state index contributed by atoms with van der Waals surface area (Å²) in [4.78, 5) is 27.3. The van der Waals surface area contributed by atoms with Crippen LogP contribution in [0.5, 0.6) is 0 Å². The molecule has 2 aliphatic rings. The van der Waals surface area contributed by atoms with Crippen LogP contribution in [0.15, 0.2) is 18.2 Å². The Morgan fingerprint density at radius 1 is 1.30 bits per heavy atom. The van der Waals surface area contributed by atoms with Gasteiger partial charge in [-0.1, -0.05) is 0 Å². The van der Waals surface area contributed by atoms with Gasteiger partial charge in [-0.3, -0.25) is 14.5 Å². The molecule has 0 spiro atoms. The molecule has 166 valence electrons. The predicted molar refractivity (Wildman–Crippen MR) is 102 cm³/mol. The molecule has 11 heteroatoms. The van der Waals surface area contributed by atoms with Crippen LogP contribution in [0.4, 0.5) is 28.9 Å². The fraction of sp³-hybridized carbons (Fsp3) is 0.579. The van der Waals surface area contributed by atoms with E-state index in [9.17, 15) is 27.2 Å². The Morgan fingerprint density at radius 3 is 2.60 bits per heavy atom. The minimum absolute atomic E-state index is 0.0454. The van der Waals surface area contributed by atoms with Crippen molar-refractivity contribution in [2.45, 2.75) is 37.8 Å². The summed E-state index contributed by atoms with van der Waals surface area (Å²) < 4.78 is 58.1. The number of nitrogens with one attached hydrogen (secondary N) is 1. The molecule has 0 aromatic heterocycles. The molecule has 1 aromatic rings. The molecule has 1 aliphatic carbocycles. The predicted octanol–water partition coefficient (Wildman–Crippen LogP) is 1.98. The number of amides is 2. The minimum atomic E-state index is -2.89. The van der Waals surface area contributed by atoms with Gasteiger partial charge in [0.1, 0.15) is 12.6 Å². The molecule has 2 fully saturated rings. The number of rotatable bonds is 9. The third-order valence-electron chi connectivity index (χ3n) is 5.10. The van der Waals surface area contributed by atoms with Gasteiger partial charge < -0.3 is 20.7 Å². The van der Waals surface area contributed by atoms with Crippen molar-refractivity contribution in [1.82, 2.24) is 4.90 Å². The number of benzene rings is 1. The Balaban J connectivity index is 1.78. The molecular formula is C19H24F4N4O3. The van der Waals surface area contributed by atoms with Gasteiger partial charge in [0, 0.05) is 30.4 Å². The summed E-state index contributed by atoms with van der Waals surface area (Å²) in [5.74, 6) is -1.07. The van der Waals surface area contributed by atoms with Gasteiger partial charge in [-0.15, -0.1) is 0 Å². The molecule has 1 aliphatic heterocycles. The molecule has 7 nitrogen and oxygen atoms in total. The van der Waals surface area contributed by atoms with Crippen LogP contribution < -0.4 is 16.0 Å². The number of hydrogen-bond donors (Lipinski definition) is 2. The van der Waals surface area contributed by atoms with Crippen molar-refractivity contribution < 1.29 is 31.9 Å². The lowest BCUT2D eigenvalue weighted by molar-refractivity contribution is -0.125. The van der Waals surface area contributed by atoms with Crippen LogP contribution in [-0.4, -0.2) is 68.1 Å². The van der Waals surface area contributed by atoms with E-state index in [1.165, 1.54) is 21.9 Å². The van der Waals surface area contributed by atoms with Gasteiger partial charge in [0.05, 0.1) is 18.8 Å². The largest absolute Gasteiger partial charge is 0.370 e. The van der Waals surface area contributed by atoms with Crippen LogP contribution >= 0.6 is 0 Å². The number of hydrogen-bond acceptors (Lipinski definition) is 5. The molecule has 1 aromatic carbocycles. The first-order chi connectivity index (χ1) is 14.3. The highest BCUT2D eigenvalue weighted by Crippen LogP contribution is 2.34. The Labute approximate surface area is 171 Å². The molecule has 0 unspecified atom stereocenters. The lowest BCUT2D eigenvalue weighted by Crippen LogP contribution is -2.51. The van der Waals surface area contributed by atoms with E-state index in [0.29, 0.717) is 12.8 Å². The lowest BCUT2D eigenvalue weighted by atomic mass is 10.1. The molecule has 1 atom stereocenters. The summed E-state index contributed by atoms with van der Waals surface area (Å²) in [6.07, 6.45) is -4.11. The molecule has 3 rings (SSSR count). The minimum Gasteiger partial charge on any atom is -0.370 e. The zero-order valence-electron chi connectivity index (χ0n) is 16.2. The summed E-state index contributed by atoms with van der Waals surface area (Å²) in [6.45, 7) is -0.590. The van der Waals surface area contributed by atoms with Gasteiger partial charge in [-0.25, -0.2) is 17.6 Å². The van der Waals surface area contributed by atoms with Crippen molar-refractivity contribution in [3.8, 4) is 0 Å². The van der Waals surface area contributed by atoms with Gasteiger partial charge in [0.25, 0.3) is 18.8 Å². The molecular weight excluding hydrogens is 408 g/mol. The van der Waals surface area contributed by atoms with E-state index in [1.54, 1.807) is 0 Å². The van der Waals surface area contributed by atoms with Gasteiger partial charge >= 0.3 is 0 Å². The quantitative estimate of drug-likeness (QED) is 0.583. The van der Waals surface area contributed by atoms with Crippen LogP contribution in [0.1, 0.15) is 24.8 Å². The van der Waals surface area contributed by atoms with Crippen molar-refractivity contribution in [3.05, 3.63) is 23.8 Å². The van der Waals surface area contributed by atoms with E-state index in [-0.39, 0.29) is 43.7 Å². The number of carbonyl (C=O) groups excluding carboxylic acids is 2. The van der Waals surface area contributed by atoms with E-state index in [4.69, 9.17) is 10.5 Å². The second-order valence-electron chi connectivity index (χ2n) is 7.23. The van der Waals surface area contributed by atoms with Crippen LogP contribution in [0.3, 0.4) is 0 Å². The number of nitrogens with two attached hydrogens (primary N) is 1. The highest BCUT2D eigenvalue weighted by Gasteiger charge is 2.38. The number of alkyl halides is 4. The van der Waals surface area contributed by atoms with E-state index in [2.05, 4.69) is 5.32 Å². The molecule has 30 heavy (non-hydrogen) atoms. The molecule has 0 radical (unpaired) electrons. The van der Waals surface area contributed by atoms with E-state index in [1.807, 2.05) is 0 Å². The lowest BCUT2D eigenvalue weighted by Gasteiger charge is -2.30. The summed E-state index contributed by atoms with van der Waals surface area (Å²) in [5.41, 5.74) is 5.36. The molecule has 0 bridgehead atoms. The zero-order valence-corrected chi connectivity index (χ0v) is 16.2. The molecule has 2 amide bonds. The summed E-state index contributed by atoms with van der Waals surface area (Å²) in [6, 6.07) is 2.68. The zero-order chi connectivity index (χ0) is 21.8. The molecule has 1 saturated carbocycles. The van der Waals surface area contributed by atoms with Crippen molar-refractivity contribution in [2.24, 2.45) is 5.73 Å². The maximum Gasteiger partial charge on any atom is 0.265 e. The number of halogens is 4. The van der Waals surface area contributed by atoms with Crippen molar-refractivity contribution in [2.75, 3.05) is 43.1 Å². The molecule has 3 N–H and O–H groups in total. The van der Waals surface area contributed by atoms with Crippen molar-refractivity contribution in [1.29, 1.82) is 0 Å². The second-order valence-corrected chi connectivity index (χ2v) is 7.23. The Hall–Kier alpha value is -2.24. The van der Waals surface area contributed by atoms with Gasteiger partial charge in [-0.2, -0.15) is 0 Å². The van der Waals surface area contributed by atoms with Crippen LogP contribution in [-0.2, 0) is 14.3 Å². The Morgan fingerprint density at radius 2 is 2.03 bits per heavy atom. The average Bonchev–Trinajstić information content (AvgIpc) is 3.53. The molecule has 1 saturated heterocycles. The maximum absolute atomic E-state index is 13.6. The van der Waals surface area contributed by atoms with E-state index < -0.39 is 42.8 Å². The smallest absolute Gasteiger partial charge is 0.265 e. The van der Waals surface area contributed by atoms with Gasteiger partial charge in [0.15, 0.2) is 0 Å². The first kappa shape index (κ1) is 22.4. The van der Waals surface area contributed by atoms with Crippen molar-refractivity contribution >= 4 is 23.2 Å². The topological polar surface area (TPSA) is 87.9 Å². The summed E-state index contributed by atoms with van der Waals surface area (Å²) >= 11 is 0. The van der Waals surface area contributed by atoms with E-state index in [0.717, 1.165) is 6.07 Å². The first-order valence-corrected chi connectivity index (χ1v) is 9.66. The fourth-order valence-electron chi connectivity index (χ4n) is 3.54. The summed E-state index contributed by atoms with van der Waals surface area (Å²) in [5, 5.41) is 2.50. The number of carbonyl (C=O) groups is 2.